The molecule has 0 saturated carbocycles. The third kappa shape index (κ3) is 4.55. The predicted octanol–water partition coefficient (Wildman–Crippen LogP) is 4.99. The Morgan fingerprint density at radius 1 is 0.879 bits per heavy atom. The molecule has 2 aliphatic rings. The summed E-state index contributed by atoms with van der Waals surface area (Å²) in [5.74, 6) is 1.35. The average Bonchev–Trinajstić information content (AvgIpc) is 3.25. The molecule has 1 amide bonds. The SMILES string of the molecule is COc1cc(OC)cc(C(=O)N2CCC3(CCCN(Cc4ccc5ccccc5c4)C3)C2)c1. The van der Waals surface area contributed by atoms with E-state index < -0.39 is 0 Å². The van der Waals surface area contributed by atoms with Crippen molar-refractivity contribution in [3.05, 3.63) is 71.8 Å². The van der Waals surface area contributed by atoms with Crippen LogP contribution in [-0.2, 0) is 6.54 Å². The summed E-state index contributed by atoms with van der Waals surface area (Å²) >= 11 is 0. The van der Waals surface area contributed by atoms with Crippen LogP contribution < -0.4 is 9.47 Å². The first-order valence-electron chi connectivity index (χ1n) is 11.8. The second kappa shape index (κ2) is 9.06. The Morgan fingerprint density at radius 2 is 1.64 bits per heavy atom. The number of hydrogen-bond acceptors (Lipinski definition) is 4. The minimum atomic E-state index is 0.0655. The molecular weight excluding hydrogens is 412 g/mol. The molecule has 5 nitrogen and oxygen atoms in total. The summed E-state index contributed by atoms with van der Waals surface area (Å²) in [6.07, 6.45) is 3.43. The Morgan fingerprint density at radius 3 is 2.39 bits per heavy atom. The van der Waals surface area contributed by atoms with Crippen LogP contribution in [0.4, 0.5) is 0 Å². The fourth-order valence-electron chi connectivity index (χ4n) is 5.60. The van der Waals surface area contributed by atoms with Crippen LogP contribution in [0.2, 0.25) is 0 Å². The molecule has 0 radical (unpaired) electrons. The molecule has 3 aromatic rings. The predicted molar refractivity (Wildman–Crippen MR) is 131 cm³/mol. The van der Waals surface area contributed by atoms with Crippen molar-refractivity contribution in [1.82, 2.24) is 9.80 Å². The minimum Gasteiger partial charge on any atom is -0.497 e. The Hall–Kier alpha value is -3.05. The molecule has 0 aliphatic carbocycles. The summed E-state index contributed by atoms with van der Waals surface area (Å²) < 4.78 is 10.7. The van der Waals surface area contributed by atoms with Crippen molar-refractivity contribution in [3.8, 4) is 11.5 Å². The van der Waals surface area contributed by atoms with E-state index in [2.05, 4.69) is 47.4 Å². The van der Waals surface area contributed by atoms with Gasteiger partial charge in [-0.15, -0.1) is 0 Å². The van der Waals surface area contributed by atoms with Gasteiger partial charge < -0.3 is 14.4 Å². The van der Waals surface area contributed by atoms with Crippen LogP contribution in [-0.4, -0.2) is 56.1 Å². The van der Waals surface area contributed by atoms with E-state index in [0.29, 0.717) is 17.1 Å². The first kappa shape index (κ1) is 21.8. The molecule has 0 aromatic heterocycles. The highest BCUT2D eigenvalue weighted by atomic mass is 16.5. The van der Waals surface area contributed by atoms with Crippen LogP contribution in [0.15, 0.2) is 60.7 Å². The normalized spacial score (nSPS) is 21.0. The number of amides is 1. The summed E-state index contributed by atoms with van der Waals surface area (Å²) in [6, 6.07) is 20.8. The second-order valence-electron chi connectivity index (χ2n) is 9.57. The van der Waals surface area contributed by atoms with E-state index in [1.54, 1.807) is 20.3 Å². The Bertz CT molecular complexity index is 1140. The van der Waals surface area contributed by atoms with Gasteiger partial charge in [0.1, 0.15) is 11.5 Å². The summed E-state index contributed by atoms with van der Waals surface area (Å²) in [6.45, 7) is 4.76. The molecule has 0 bridgehead atoms. The Kier molecular flexibility index (Phi) is 5.98. The van der Waals surface area contributed by atoms with Crippen molar-refractivity contribution < 1.29 is 14.3 Å². The summed E-state index contributed by atoms with van der Waals surface area (Å²) in [4.78, 5) is 17.9. The highest BCUT2D eigenvalue weighted by molar-refractivity contribution is 5.95. The number of ether oxygens (including phenoxy) is 2. The van der Waals surface area contributed by atoms with E-state index in [0.717, 1.165) is 39.1 Å². The lowest BCUT2D eigenvalue weighted by Gasteiger charge is -2.40. The van der Waals surface area contributed by atoms with Gasteiger partial charge in [-0.25, -0.2) is 0 Å². The van der Waals surface area contributed by atoms with E-state index in [-0.39, 0.29) is 11.3 Å². The number of carbonyl (C=O) groups is 1. The summed E-state index contributed by atoms with van der Waals surface area (Å²) in [5.41, 5.74) is 2.18. The number of piperidine rings is 1. The molecule has 1 atom stereocenters. The van der Waals surface area contributed by atoms with Gasteiger partial charge in [-0.2, -0.15) is 0 Å². The Labute approximate surface area is 195 Å². The maximum absolute atomic E-state index is 13.3. The van der Waals surface area contributed by atoms with E-state index >= 15 is 0 Å². The summed E-state index contributed by atoms with van der Waals surface area (Å²) in [5, 5.41) is 2.59. The van der Waals surface area contributed by atoms with Gasteiger partial charge >= 0.3 is 0 Å². The zero-order valence-corrected chi connectivity index (χ0v) is 19.5. The number of fused-ring (bicyclic) bond motifs is 1. The maximum atomic E-state index is 13.3. The molecule has 2 saturated heterocycles. The van der Waals surface area contributed by atoms with Gasteiger partial charge in [-0.05, 0) is 60.3 Å². The third-order valence-electron chi connectivity index (χ3n) is 7.28. The van der Waals surface area contributed by atoms with Crippen molar-refractivity contribution >= 4 is 16.7 Å². The highest BCUT2D eigenvalue weighted by Crippen LogP contribution is 2.40. The van der Waals surface area contributed by atoms with Crippen molar-refractivity contribution in [2.24, 2.45) is 5.41 Å². The van der Waals surface area contributed by atoms with Crippen LogP contribution in [0, 0.1) is 5.41 Å². The van der Waals surface area contributed by atoms with E-state index in [1.165, 1.54) is 29.2 Å². The molecule has 5 rings (SSSR count). The monoisotopic (exact) mass is 444 g/mol. The lowest BCUT2D eigenvalue weighted by molar-refractivity contribution is 0.0675. The van der Waals surface area contributed by atoms with Gasteiger partial charge in [0.15, 0.2) is 0 Å². The molecule has 33 heavy (non-hydrogen) atoms. The number of benzene rings is 3. The molecule has 5 heteroatoms. The van der Waals surface area contributed by atoms with Crippen LogP contribution in [0.3, 0.4) is 0 Å². The second-order valence-corrected chi connectivity index (χ2v) is 9.57. The van der Waals surface area contributed by atoms with Crippen molar-refractivity contribution in [2.45, 2.75) is 25.8 Å². The van der Waals surface area contributed by atoms with Crippen LogP contribution in [0.5, 0.6) is 11.5 Å². The highest BCUT2D eigenvalue weighted by Gasteiger charge is 2.42. The number of methoxy groups -OCH3 is 2. The van der Waals surface area contributed by atoms with Crippen LogP contribution >= 0.6 is 0 Å². The Balaban J connectivity index is 1.27. The first-order chi connectivity index (χ1) is 16.1. The largest absolute Gasteiger partial charge is 0.497 e. The number of rotatable bonds is 5. The number of carbonyl (C=O) groups excluding carboxylic acids is 1. The van der Waals surface area contributed by atoms with E-state index in [9.17, 15) is 4.79 Å². The molecule has 2 heterocycles. The number of hydrogen-bond donors (Lipinski definition) is 0. The lowest BCUT2D eigenvalue weighted by Crippen LogP contribution is -2.45. The van der Waals surface area contributed by atoms with Gasteiger partial charge in [0, 0.05) is 43.2 Å². The fourth-order valence-corrected chi connectivity index (χ4v) is 5.60. The molecule has 1 spiro atoms. The topological polar surface area (TPSA) is 42.0 Å². The molecule has 2 fully saturated rings. The first-order valence-corrected chi connectivity index (χ1v) is 11.8. The van der Waals surface area contributed by atoms with Crippen LogP contribution in [0.1, 0.15) is 35.2 Å². The van der Waals surface area contributed by atoms with E-state index in [4.69, 9.17) is 9.47 Å². The third-order valence-corrected chi connectivity index (χ3v) is 7.28. The average molecular weight is 445 g/mol. The number of nitrogens with zero attached hydrogens (tertiary/aromatic N) is 2. The molecule has 172 valence electrons. The van der Waals surface area contributed by atoms with Gasteiger partial charge in [0.05, 0.1) is 14.2 Å². The molecule has 3 aromatic carbocycles. The van der Waals surface area contributed by atoms with Crippen LogP contribution in [0.25, 0.3) is 10.8 Å². The molecule has 1 unspecified atom stereocenters. The lowest BCUT2D eigenvalue weighted by atomic mass is 9.79. The van der Waals surface area contributed by atoms with E-state index in [1.807, 2.05) is 17.0 Å². The van der Waals surface area contributed by atoms with Crippen molar-refractivity contribution in [3.63, 3.8) is 0 Å². The summed E-state index contributed by atoms with van der Waals surface area (Å²) in [7, 11) is 3.22. The van der Waals surface area contributed by atoms with Crippen molar-refractivity contribution in [2.75, 3.05) is 40.4 Å². The molecule has 0 N–H and O–H groups in total. The molecule has 2 aliphatic heterocycles. The minimum absolute atomic E-state index is 0.0655. The van der Waals surface area contributed by atoms with Gasteiger partial charge in [0.2, 0.25) is 0 Å². The fraction of sp³-hybridized carbons (Fsp3) is 0.393. The number of likely N-dealkylation sites (tertiary alicyclic amines) is 2. The zero-order valence-electron chi connectivity index (χ0n) is 19.5. The van der Waals surface area contributed by atoms with Gasteiger partial charge in [-0.1, -0.05) is 36.4 Å². The van der Waals surface area contributed by atoms with Crippen molar-refractivity contribution in [1.29, 1.82) is 0 Å². The molecular formula is C28H32N2O3. The smallest absolute Gasteiger partial charge is 0.254 e. The van der Waals surface area contributed by atoms with Gasteiger partial charge in [-0.3, -0.25) is 9.69 Å². The maximum Gasteiger partial charge on any atom is 0.254 e. The zero-order chi connectivity index (χ0) is 22.8. The quantitative estimate of drug-likeness (QED) is 0.556. The standard InChI is InChI=1S/C28H32N2O3/c1-32-25-15-24(16-26(17-25)33-2)27(31)30-13-11-28(20-30)10-5-12-29(19-28)18-21-8-9-22-6-3-4-7-23(22)14-21/h3-4,6-9,14-17H,5,10-13,18-20H2,1-2H3. The van der Waals surface area contributed by atoms with Gasteiger partial charge in [0.25, 0.3) is 5.91 Å².